The number of benzene rings is 1. The average molecular weight is 259 g/mol. The number of nitrogens with two attached hydrogens (primary N) is 1. The Bertz CT molecular complexity index is 502. The molecule has 0 bridgehead atoms. The number of fused-ring (bicyclic) bond motifs is 1. The number of hydrogen-bond donors (Lipinski definition) is 1. The number of para-hydroxylation sites is 1. The molecule has 0 aliphatic carbocycles. The summed E-state index contributed by atoms with van der Waals surface area (Å²) in [5.41, 5.74) is 7.09. The zero-order valence-corrected chi connectivity index (χ0v) is 11.9. The topological polar surface area (TPSA) is 43.8 Å². The Balaban J connectivity index is 1.79. The van der Waals surface area contributed by atoms with Gasteiger partial charge in [-0.2, -0.15) is 5.10 Å². The quantitative estimate of drug-likeness (QED) is 0.715. The van der Waals surface area contributed by atoms with Gasteiger partial charge in [-0.25, -0.2) is 0 Å². The third-order valence-corrected chi connectivity index (χ3v) is 3.66. The van der Waals surface area contributed by atoms with Gasteiger partial charge in [0.25, 0.3) is 0 Å². The number of nitrogens with zero attached hydrogens (tertiary/aromatic N) is 2. The van der Waals surface area contributed by atoms with Crippen molar-refractivity contribution in [2.45, 2.75) is 58.4 Å². The lowest BCUT2D eigenvalue weighted by Gasteiger charge is -2.03. The van der Waals surface area contributed by atoms with Gasteiger partial charge in [-0.05, 0) is 18.6 Å². The van der Waals surface area contributed by atoms with Crippen molar-refractivity contribution in [3.63, 3.8) is 0 Å². The van der Waals surface area contributed by atoms with Crippen molar-refractivity contribution in [3.05, 3.63) is 24.3 Å². The van der Waals surface area contributed by atoms with Crippen molar-refractivity contribution in [1.82, 2.24) is 9.78 Å². The first-order valence-electron chi connectivity index (χ1n) is 7.54. The Morgan fingerprint density at radius 2 is 1.68 bits per heavy atom. The molecule has 2 N–H and O–H groups in total. The molecule has 2 aromatic rings. The van der Waals surface area contributed by atoms with Crippen molar-refractivity contribution in [3.8, 4) is 0 Å². The minimum Gasteiger partial charge on any atom is -0.382 e. The molecule has 104 valence electrons. The largest absolute Gasteiger partial charge is 0.382 e. The lowest BCUT2D eigenvalue weighted by atomic mass is 10.1. The molecular formula is C16H25N3. The Kier molecular flexibility index (Phi) is 5.25. The maximum absolute atomic E-state index is 5.93. The van der Waals surface area contributed by atoms with Gasteiger partial charge in [0.2, 0.25) is 0 Å². The van der Waals surface area contributed by atoms with Gasteiger partial charge in [0.1, 0.15) is 0 Å². The minimum absolute atomic E-state index is 0.651. The van der Waals surface area contributed by atoms with Crippen LogP contribution >= 0.6 is 0 Å². The van der Waals surface area contributed by atoms with Crippen LogP contribution in [0.2, 0.25) is 0 Å². The number of aryl methyl sites for hydroxylation is 1. The van der Waals surface area contributed by atoms with Crippen LogP contribution in [0.5, 0.6) is 0 Å². The zero-order valence-electron chi connectivity index (χ0n) is 11.9. The summed E-state index contributed by atoms with van der Waals surface area (Å²) in [5.74, 6) is 0.651. The smallest absolute Gasteiger partial charge is 0.153 e. The van der Waals surface area contributed by atoms with E-state index in [2.05, 4.69) is 22.8 Å². The van der Waals surface area contributed by atoms with E-state index in [1.807, 2.05) is 18.2 Å². The third-order valence-electron chi connectivity index (χ3n) is 3.66. The van der Waals surface area contributed by atoms with Gasteiger partial charge in [0, 0.05) is 11.9 Å². The molecule has 0 radical (unpaired) electrons. The van der Waals surface area contributed by atoms with Crippen LogP contribution in [0, 0.1) is 0 Å². The highest BCUT2D eigenvalue weighted by Gasteiger charge is 2.06. The normalized spacial score (nSPS) is 11.2. The highest BCUT2D eigenvalue weighted by molar-refractivity contribution is 5.88. The first-order valence-corrected chi connectivity index (χ1v) is 7.54. The van der Waals surface area contributed by atoms with E-state index in [1.54, 1.807) is 0 Å². The van der Waals surface area contributed by atoms with Crippen LogP contribution in [-0.2, 0) is 6.54 Å². The molecule has 0 spiro atoms. The van der Waals surface area contributed by atoms with Crippen LogP contribution in [0.15, 0.2) is 24.3 Å². The van der Waals surface area contributed by atoms with Crippen LogP contribution in [0.25, 0.3) is 10.9 Å². The molecule has 0 fully saturated rings. The molecule has 0 saturated carbocycles. The number of hydrogen-bond acceptors (Lipinski definition) is 2. The summed E-state index contributed by atoms with van der Waals surface area (Å²) >= 11 is 0. The van der Waals surface area contributed by atoms with E-state index in [9.17, 15) is 0 Å². The second-order valence-electron chi connectivity index (χ2n) is 5.25. The Hall–Kier alpha value is -1.51. The molecule has 2 rings (SSSR count). The van der Waals surface area contributed by atoms with E-state index < -0.39 is 0 Å². The molecule has 0 aliphatic heterocycles. The number of unbranched alkanes of at least 4 members (excludes halogenated alkanes) is 6. The summed E-state index contributed by atoms with van der Waals surface area (Å²) in [6.45, 7) is 3.23. The second-order valence-corrected chi connectivity index (χ2v) is 5.25. The predicted octanol–water partition coefficient (Wildman–Crippen LogP) is 4.37. The van der Waals surface area contributed by atoms with Crippen LogP contribution in [0.1, 0.15) is 51.9 Å². The average Bonchev–Trinajstić information content (AvgIpc) is 2.75. The lowest BCUT2D eigenvalue weighted by molar-refractivity contribution is 0.533. The summed E-state index contributed by atoms with van der Waals surface area (Å²) in [6, 6.07) is 8.20. The maximum atomic E-state index is 5.93. The van der Waals surface area contributed by atoms with E-state index in [1.165, 1.54) is 44.9 Å². The Labute approximate surface area is 115 Å². The molecule has 3 heteroatoms. The van der Waals surface area contributed by atoms with E-state index in [0.717, 1.165) is 17.4 Å². The first kappa shape index (κ1) is 13.9. The Morgan fingerprint density at radius 3 is 2.47 bits per heavy atom. The van der Waals surface area contributed by atoms with Crippen molar-refractivity contribution in [2.75, 3.05) is 5.73 Å². The number of nitrogen functional groups attached to an aromatic ring is 1. The number of anilines is 1. The van der Waals surface area contributed by atoms with Crippen LogP contribution < -0.4 is 5.73 Å². The lowest BCUT2D eigenvalue weighted by Crippen LogP contribution is -2.00. The number of aromatic nitrogens is 2. The van der Waals surface area contributed by atoms with Gasteiger partial charge in [0.05, 0.1) is 5.52 Å². The fourth-order valence-corrected chi connectivity index (χ4v) is 2.54. The molecule has 19 heavy (non-hydrogen) atoms. The summed E-state index contributed by atoms with van der Waals surface area (Å²) in [5, 5.41) is 5.51. The van der Waals surface area contributed by atoms with Gasteiger partial charge < -0.3 is 5.73 Å². The fourth-order valence-electron chi connectivity index (χ4n) is 2.54. The molecule has 0 unspecified atom stereocenters. The molecule has 0 atom stereocenters. The van der Waals surface area contributed by atoms with E-state index in [-0.39, 0.29) is 0 Å². The minimum atomic E-state index is 0.651. The molecule has 3 nitrogen and oxygen atoms in total. The molecular weight excluding hydrogens is 234 g/mol. The van der Waals surface area contributed by atoms with Gasteiger partial charge in [0.15, 0.2) is 5.82 Å². The van der Waals surface area contributed by atoms with E-state index in [0.29, 0.717) is 5.82 Å². The van der Waals surface area contributed by atoms with Crippen molar-refractivity contribution < 1.29 is 0 Å². The van der Waals surface area contributed by atoms with Crippen LogP contribution in [-0.4, -0.2) is 9.78 Å². The molecule has 0 aliphatic rings. The second kappa shape index (κ2) is 7.17. The highest BCUT2D eigenvalue weighted by Crippen LogP contribution is 2.20. The van der Waals surface area contributed by atoms with Gasteiger partial charge in [-0.3, -0.25) is 4.68 Å². The summed E-state index contributed by atoms with van der Waals surface area (Å²) in [6.07, 6.45) is 9.27. The fraction of sp³-hybridized carbons (Fsp3) is 0.562. The van der Waals surface area contributed by atoms with Crippen LogP contribution in [0.3, 0.4) is 0 Å². The summed E-state index contributed by atoms with van der Waals surface area (Å²) < 4.78 is 2.05. The van der Waals surface area contributed by atoms with Gasteiger partial charge in [-0.15, -0.1) is 0 Å². The molecule has 1 heterocycles. The van der Waals surface area contributed by atoms with Crippen molar-refractivity contribution in [2.24, 2.45) is 0 Å². The third kappa shape index (κ3) is 3.72. The first-order chi connectivity index (χ1) is 9.33. The standard InChI is InChI=1S/C16H25N3/c1-2-3-4-5-6-7-10-13-19-15-12-9-8-11-14(15)16(17)18-19/h8-9,11-12H,2-7,10,13H2,1H3,(H2,17,18). The van der Waals surface area contributed by atoms with E-state index in [4.69, 9.17) is 5.73 Å². The molecule has 1 aromatic carbocycles. The van der Waals surface area contributed by atoms with Crippen molar-refractivity contribution in [1.29, 1.82) is 0 Å². The summed E-state index contributed by atoms with van der Waals surface area (Å²) in [7, 11) is 0. The highest BCUT2D eigenvalue weighted by atomic mass is 15.3. The SMILES string of the molecule is CCCCCCCCCn1nc(N)c2ccccc21. The van der Waals surface area contributed by atoms with Gasteiger partial charge >= 0.3 is 0 Å². The van der Waals surface area contributed by atoms with Crippen molar-refractivity contribution >= 4 is 16.7 Å². The van der Waals surface area contributed by atoms with E-state index >= 15 is 0 Å². The Morgan fingerprint density at radius 1 is 1.00 bits per heavy atom. The zero-order chi connectivity index (χ0) is 13.5. The molecule has 0 amide bonds. The molecule has 0 saturated heterocycles. The monoisotopic (exact) mass is 259 g/mol. The van der Waals surface area contributed by atoms with Gasteiger partial charge in [-0.1, -0.05) is 57.6 Å². The molecule has 1 aromatic heterocycles. The number of rotatable bonds is 8. The maximum Gasteiger partial charge on any atom is 0.153 e. The summed E-state index contributed by atoms with van der Waals surface area (Å²) in [4.78, 5) is 0. The predicted molar refractivity (Wildman–Crippen MR) is 82.1 cm³/mol. The van der Waals surface area contributed by atoms with Crippen LogP contribution in [0.4, 0.5) is 5.82 Å².